The first-order chi connectivity index (χ1) is 15.7. The Balaban J connectivity index is 1.54. The van der Waals surface area contributed by atoms with Gasteiger partial charge in [0.25, 0.3) is 0 Å². The van der Waals surface area contributed by atoms with Gasteiger partial charge in [0, 0.05) is 24.8 Å². The molecule has 32 heavy (non-hydrogen) atoms. The molecule has 1 aromatic carbocycles. The average Bonchev–Trinajstić information content (AvgIpc) is 3.29. The summed E-state index contributed by atoms with van der Waals surface area (Å²) in [5.41, 5.74) is 0.937. The number of nitrogens with zero attached hydrogens (tertiary/aromatic N) is 3. The molecule has 172 valence electrons. The van der Waals surface area contributed by atoms with Crippen molar-refractivity contribution in [3.63, 3.8) is 0 Å². The number of aromatic nitrogens is 1. The molecule has 0 bridgehead atoms. The van der Waals surface area contributed by atoms with Crippen LogP contribution < -0.4 is 9.47 Å². The maximum absolute atomic E-state index is 13.0. The van der Waals surface area contributed by atoms with Crippen molar-refractivity contribution >= 4 is 5.91 Å². The van der Waals surface area contributed by atoms with Gasteiger partial charge in [0.2, 0.25) is 11.8 Å². The average molecular weight is 440 g/mol. The van der Waals surface area contributed by atoms with E-state index in [-0.39, 0.29) is 18.6 Å². The quantitative estimate of drug-likeness (QED) is 0.788. The van der Waals surface area contributed by atoms with Crippen LogP contribution in [0.3, 0.4) is 0 Å². The third-order valence-electron chi connectivity index (χ3n) is 6.19. The number of fused-ring (bicyclic) bond motifs is 2. The molecule has 1 N–H and O–H groups in total. The summed E-state index contributed by atoms with van der Waals surface area (Å²) in [6, 6.07) is 11.5. The number of hydrogen-bond acceptors (Lipinski definition) is 6. The molecule has 7 heteroatoms. The van der Waals surface area contributed by atoms with E-state index < -0.39 is 0 Å². The molecule has 2 aromatic rings. The molecule has 1 fully saturated rings. The highest BCUT2D eigenvalue weighted by Gasteiger charge is 2.29. The summed E-state index contributed by atoms with van der Waals surface area (Å²) in [4.78, 5) is 21.5. The fourth-order valence-electron chi connectivity index (χ4n) is 4.46. The number of carbonyl (C=O) groups excluding carboxylic acids is 1. The van der Waals surface area contributed by atoms with Crippen LogP contribution >= 0.6 is 0 Å². The van der Waals surface area contributed by atoms with E-state index >= 15 is 0 Å². The summed E-state index contributed by atoms with van der Waals surface area (Å²) in [5, 5.41) is 9.62. The van der Waals surface area contributed by atoms with E-state index in [9.17, 15) is 9.90 Å². The van der Waals surface area contributed by atoms with Gasteiger partial charge in [-0.3, -0.25) is 9.69 Å². The van der Waals surface area contributed by atoms with E-state index in [1.165, 1.54) is 0 Å². The number of para-hydroxylation sites is 2. The minimum atomic E-state index is -0.0454. The van der Waals surface area contributed by atoms with E-state index in [0.29, 0.717) is 31.3 Å². The van der Waals surface area contributed by atoms with Gasteiger partial charge in [0.1, 0.15) is 0 Å². The Hall–Kier alpha value is -2.64. The molecule has 1 saturated heterocycles. The summed E-state index contributed by atoms with van der Waals surface area (Å²) in [5.74, 6) is 1.99. The van der Waals surface area contributed by atoms with E-state index in [0.717, 1.165) is 62.9 Å². The van der Waals surface area contributed by atoms with Crippen molar-refractivity contribution in [3.8, 4) is 17.4 Å². The van der Waals surface area contributed by atoms with Gasteiger partial charge in [-0.2, -0.15) is 0 Å². The maximum Gasteiger partial charge on any atom is 0.237 e. The number of rotatable bonds is 3. The lowest BCUT2D eigenvalue weighted by atomic mass is 10.1. The van der Waals surface area contributed by atoms with Crippen LogP contribution in [0.25, 0.3) is 0 Å². The van der Waals surface area contributed by atoms with Gasteiger partial charge in [-0.25, -0.2) is 4.98 Å². The summed E-state index contributed by atoms with van der Waals surface area (Å²) < 4.78 is 12.1. The van der Waals surface area contributed by atoms with Crippen molar-refractivity contribution in [1.82, 2.24) is 14.8 Å². The van der Waals surface area contributed by atoms with Crippen molar-refractivity contribution in [2.45, 2.75) is 51.1 Å². The number of aliphatic hydroxyl groups excluding tert-OH is 1. The molecular weight excluding hydrogens is 406 g/mol. The number of amides is 1. The van der Waals surface area contributed by atoms with Gasteiger partial charge in [0.05, 0.1) is 25.8 Å². The van der Waals surface area contributed by atoms with Crippen LogP contribution in [-0.2, 0) is 11.3 Å². The number of pyridine rings is 1. The molecule has 3 heterocycles. The Morgan fingerprint density at radius 2 is 1.88 bits per heavy atom. The summed E-state index contributed by atoms with van der Waals surface area (Å²) in [6.07, 6.45) is 7.73. The molecule has 1 unspecified atom stereocenters. The van der Waals surface area contributed by atoms with E-state index in [2.05, 4.69) is 9.88 Å². The molecule has 4 rings (SSSR count). The van der Waals surface area contributed by atoms with Gasteiger partial charge < -0.3 is 19.5 Å². The fourth-order valence-corrected chi connectivity index (χ4v) is 4.46. The smallest absolute Gasteiger partial charge is 0.237 e. The van der Waals surface area contributed by atoms with Crippen LogP contribution in [0.5, 0.6) is 17.4 Å². The highest BCUT2D eigenvalue weighted by atomic mass is 16.5. The second-order valence-corrected chi connectivity index (χ2v) is 8.56. The molecular formula is C25H33N3O4. The minimum absolute atomic E-state index is 0.0355. The SMILES string of the molecule is O=C(CN1CCCCCCOc2ccccc2Oc2ncccc2C1)N1CCCC1CO. The Morgan fingerprint density at radius 3 is 2.75 bits per heavy atom. The number of hydrogen-bond donors (Lipinski definition) is 1. The van der Waals surface area contributed by atoms with Crippen LogP contribution in [0, 0.1) is 0 Å². The lowest BCUT2D eigenvalue weighted by molar-refractivity contribution is -0.134. The first-order valence-corrected chi connectivity index (χ1v) is 11.7. The van der Waals surface area contributed by atoms with Crippen LogP contribution in [0.15, 0.2) is 42.6 Å². The summed E-state index contributed by atoms with van der Waals surface area (Å²) in [6.45, 7) is 3.16. The summed E-state index contributed by atoms with van der Waals surface area (Å²) in [7, 11) is 0. The monoisotopic (exact) mass is 439 g/mol. The Morgan fingerprint density at radius 1 is 1.03 bits per heavy atom. The van der Waals surface area contributed by atoms with Gasteiger partial charge in [0.15, 0.2) is 11.5 Å². The zero-order valence-corrected chi connectivity index (χ0v) is 18.6. The van der Waals surface area contributed by atoms with Crippen molar-refractivity contribution in [2.24, 2.45) is 0 Å². The van der Waals surface area contributed by atoms with Crippen molar-refractivity contribution in [2.75, 3.05) is 32.8 Å². The number of benzene rings is 1. The van der Waals surface area contributed by atoms with Crippen molar-refractivity contribution in [3.05, 3.63) is 48.2 Å². The number of aliphatic hydroxyl groups is 1. The predicted molar refractivity (Wildman–Crippen MR) is 122 cm³/mol. The summed E-state index contributed by atoms with van der Waals surface area (Å²) >= 11 is 0. The molecule has 7 nitrogen and oxygen atoms in total. The van der Waals surface area contributed by atoms with Crippen molar-refractivity contribution in [1.29, 1.82) is 0 Å². The lowest BCUT2D eigenvalue weighted by Gasteiger charge is -2.28. The molecule has 0 spiro atoms. The Bertz CT molecular complexity index is 891. The Kier molecular flexibility index (Phi) is 7.96. The predicted octanol–water partition coefficient (Wildman–Crippen LogP) is 3.61. The zero-order valence-electron chi connectivity index (χ0n) is 18.6. The topological polar surface area (TPSA) is 75.1 Å². The number of ether oxygens (including phenoxy) is 2. The third kappa shape index (κ3) is 5.78. The van der Waals surface area contributed by atoms with Gasteiger partial charge >= 0.3 is 0 Å². The molecule has 1 aromatic heterocycles. The molecule has 1 atom stereocenters. The molecule has 0 radical (unpaired) electrons. The molecule has 0 aliphatic carbocycles. The highest BCUT2D eigenvalue weighted by molar-refractivity contribution is 5.79. The first-order valence-electron chi connectivity index (χ1n) is 11.7. The Labute approximate surface area is 190 Å². The van der Waals surface area contributed by atoms with Crippen LogP contribution in [0.1, 0.15) is 44.1 Å². The molecule has 0 saturated carbocycles. The van der Waals surface area contributed by atoms with E-state index in [1.807, 2.05) is 41.3 Å². The van der Waals surface area contributed by atoms with Crippen LogP contribution in [0.4, 0.5) is 0 Å². The van der Waals surface area contributed by atoms with Crippen molar-refractivity contribution < 1.29 is 19.4 Å². The molecule has 1 amide bonds. The highest BCUT2D eigenvalue weighted by Crippen LogP contribution is 2.32. The van der Waals surface area contributed by atoms with Gasteiger partial charge in [-0.05, 0) is 50.4 Å². The third-order valence-corrected chi connectivity index (χ3v) is 6.19. The molecule has 2 aliphatic rings. The zero-order chi connectivity index (χ0) is 22.2. The second kappa shape index (κ2) is 11.3. The first kappa shape index (κ1) is 22.6. The largest absolute Gasteiger partial charge is 0.490 e. The second-order valence-electron chi connectivity index (χ2n) is 8.56. The minimum Gasteiger partial charge on any atom is -0.490 e. The fraction of sp³-hybridized carbons (Fsp3) is 0.520. The number of likely N-dealkylation sites (tertiary alicyclic amines) is 1. The standard InChI is InChI=1S/C25H33N3O4/c29-19-21-10-8-15-28(21)24(30)18-27-14-5-1-2-6-16-31-22-11-3-4-12-23(22)32-25-20(17-27)9-7-13-26-25/h3-4,7,9,11-13,21,29H,1-2,5-6,8,10,14-19H2. The lowest BCUT2D eigenvalue weighted by Crippen LogP contribution is -2.44. The normalized spacial score (nSPS) is 20.4. The van der Waals surface area contributed by atoms with Gasteiger partial charge in [-0.1, -0.05) is 31.0 Å². The van der Waals surface area contributed by atoms with Gasteiger partial charge in [-0.15, -0.1) is 0 Å². The van der Waals surface area contributed by atoms with Crippen LogP contribution in [0.2, 0.25) is 0 Å². The number of carbonyl (C=O) groups is 1. The van der Waals surface area contributed by atoms with E-state index in [1.54, 1.807) is 6.20 Å². The molecule has 2 aliphatic heterocycles. The van der Waals surface area contributed by atoms with E-state index in [4.69, 9.17) is 9.47 Å². The van der Waals surface area contributed by atoms with Crippen LogP contribution in [-0.4, -0.2) is 64.7 Å². The maximum atomic E-state index is 13.0.